The van der Waals surface area contributed by atoms with Crippen LogP contribution in [0.5, 0.6) is 5.75 Å². The molecule has 1 aliphatic heterocycles. The van der Waals surface area contributed by atoms with Crippen molar-refractivity contribution in [3.8, 4) is 5.75 Å². The number of rotatable bonds is 1. The largest absolute Gasteiger partial charge is 0.506 e. The number of nitrogens with one attached hydrogen (secondary N) is 1. The van der Waals surface area contributed by atoms with Crippen LogP contribution in [0.25, 0.3) is 0 Å². The zero-order valence-electron chi connectivity index (χ0n) is 7.66. The van der Waals surface area contributed by atoms with Crippen LogP contribution in [0.3, 0.4) is 0 Å². The molecule has 4 N–H and O–H groups in total. The number of carbonyl (C=O) groups excluding carboxylic acids is 1. The Morgan fingerprint density at radius 1 is 1.57 bits per heavy atom. The molecule has 0 aliphatic carbocycles. The molecule has 0 saturated carbocycles. The van der Waals surface area contributed by atoms with Gasteiger partial charge in [-0.15, -0.1) is 0 Å². The van der Waals surface area contributed by atoms with E-state index in [1.807, 2.05) is 6.07 Å². The average Bonchev–Trinajstić information content (AvgIpc) is 2.17. The molecular weight excluding hydrogens is 180 g/mol. The molecule has 1 atom stereocenters. The van der Waals surface area contributed by atoms with Gasteiger partial charge in [-0.25, -0.2) is 0 Å². The number of amides is 1. The Morgan fingerprint density at radius 2 is 2.36 bits per heavy atom. The fourth-order valence-corrected chi connectivity index (χ4v) is 1.72. The summed E-state index contributed by atoms with van der Waals surface area (Å²) >= 11 is 0. The highest BCUT2D eigenvalue weighted by Crippen LogP contribution is 2.32. The Labute approximate surface area is 81.7 Å². The Kier molecular flexibility index (Phi) is 2.04. The molecule has 1 aliphatic rings. The fraction of sp³-hybridized carbons (Fsp3) is 0.300. The molecule has 2 rings (SSSR count). The van der Waals surface area contributed by atoms with Crippen LogP contribution < -0.4 is 11.1 Å². The molecule has 1 unspecified atom stereocenters. The number of anilines is 1. The lowest BCUT2D eigenvalue weighted by atomic mass is 9.93. The standard InChI is InChI=1S/C10H12N2O2/c11-10(14)7-4-6-2-1-3-8(13)9(6)12-5-7/h1-3,7,12-13H,4-5H2,(H2,11,14). The molecule has 0 spiro atoms. The minimum Gasteiger partial charge on any atom is -0.506 e. The molecule has 0 fully saturated rings. The first kappa shape index (κ1) is 8.87. The first-order valence-electron chi connectivity index (χ1n) is 4.52. The second-order valence-electron chi connectivity index (χ2n) is 3.50. The topological polar surface area (TPSA) is 75.4 Å². The molecule has 1 aromatic carbocycles. The first-order valence-corrected chi connectivity index (χ1v) is 4.52. The summed E-state index contributed by atoms with van der Waals surface area (Å²) in [5.41, 5.74) is 6.89. The molecule has 14 heavy (non-hydrogen) atoms. The number of benzene rings is 1. The molecule has 4 heteroatoms. The Bertz CT molecular complexity index is 376. The van der Waals surface area contributed by atoms with E-state index in [2.05, 4.69) is 5.32 Å². The number of hydrogen-bond acceptors (Lipinski definition) is 3. The van der Waals surface area contributed by atoms with Crippen LogP contribution in [0.2, 0.25) is 0 Å². The molecule has 1 aromatic rings. The van der Waals surface area contributed by atoms with Gasteiger partial charge in [0.05, 0.1) is 11.6 Å². The van der Waals surface area contributed by atoms with Crippen LogP contribution in [0, 0.1) is 5.92 Å². The van der Waals surface area contributed by atoms with E-state index < -0.39 is 0 Å². The van der Waals surface area contributed by atoms with Gasteiger partial charge in [0.25, 0.3) is 0 Å². The van der Waals surface area contributed by atoms with Crippen molar-refractivity contribution in [3.63, 3.8) is 0 Å². The predicted octanol–water partition coefficient (Wildman–Crippen LogP) is 0.462. The van der Waals surface area contributed by atoms with Gasteiger partial charge in [0.15, 0.2) is 0 Å². The number of phenolic OH excluding ortho intramolecular Hbond substituents is 1. The third kappa shape index (κ3) is 1.39. The van der Waals surface area contributed by atoms with E-state index in [0.29, 0.717) is 13.0 Å². The maximum atomic E-state index is 11.0. The Hall–Kier alpha value is -1.71. The number of phenols is 1. The van der Waals surface area contributed by atoms with Crippen LogP contribution >= 0.6 is 0 Å². The zero-order valence-corrected chi connectivity index (χ0v) is 7.66. The number of fused-ring (bicyclic) bond motifs is 1. The molecule has 1 amide bonds. The summed E-state index contributed by atoms with van der Waals surface area (Å²) in [5.74, 6) is -0.249. The second kappa shape index (κ2) is 3.21. The van der Waals surface area contributed by atoms with Crippen molar-refractivity contribution in [3.05, 3.63) is 23.8 Å². The summed E-state index contributed by atoms with van der Waals surface area (Å²) in [6.45, 7) is 0.500. The molecule has 0 radical (unpaired) electrons. The van der Waals surface area contributed by atoms with Crippen molar-refractivity contribution < 1.29 is 9.90 Å². The van der Waals surface area contributed by atoms with Crippen molar-refractivity contribution >= 4 is 11.6 Å². The Morgan fingerprint density at radius 3 is 3.07 bits per heavy atom. The van der Waals surface area contributed by atoms with Gasteiger partial charge in [-0.1, -0.05) is 12.1 Å². The highest BCUT2D eigenvalue weighted by atomic mass is 16.3. The normalized spacial score (nSPS) is 19.6. The zero-order chi connectivity index (χ0) is 10.1. The minimum absolute atomic E-state index is 0.177. The van der Waals surface area contributed by atoms with Crippen molar-refractivity contribution in [2.45, 2.75) is 6.42 Å². The monoisotopic (exact) mass is 192 g/mol. The van der Waals surface area contributed by atoms with Crippen LogP contribution in [0.15, 0.2) is 18.2 Å². The van der Waals surface area contributed by atoms with Crippen molar-refractivity contribution in [2.24, 2.45) is 11.7 Å². The number of nitrogens with two attached hydrogens (primary N) is 1. The van der Waals surface area contributed by atoms with Gasteiger partial charge in [0, 0.05) is 6.54 Å². The minimum atomic E-state index is -0.300. The number of primary amides is 1. The lowest BCUT2D eigenvalue weighted by molar-refractivity contribution is -0.121. The lowest BCUT2D eigenvalue weighted by Gasteiger charge is -2.24. The van der Waals surface area contributed by atoms with E-state index >= 15 is 0 Å². The molecule has 4 nitrogen and oxygen atoms in total. The van der Waals surface area contributed by atoms with Gasteiger partial charge in [-0.3, -0.25) is 4.79 Å². The smallest absolute Gasteiger partial charge is 0.222 e. The summed E-state index contributed by atoms with van der Waals surface area (Å²) in [5, 5.41) is 12.5. The highest BCUT2D eigenvalue weighted by Gasteiger charge is 2.23. The summed E-state index contributed by atoms with van der Waals surface area (Å²) in [7, 11) is 0. The van der Waals surface area contributed by atoms with Crippen molar-refractivity contribution in [1.29, 1.82) is 0 Å². The van der Waals surface area contributed by atoms with E-state index in [1.54, 1.807) is 12.1 Å². The van der Waals surface area contributed by atoms with Crippen molar-refractivity contribution in [1.82, 2.24) is 0 Å². The fourth-order valence-electron chi connectivity index (χ4n) is 1.72. The van der Waals surface area contributed by atoms with Gasteiger partial charge in [-0.05, 0) is 18.1 Å². The van der Waals surface area contributed by atoms with Gasteiger partial charge in [-0.2, -0.15) is 0 Å². The van der Waals surface area contributed by atoms with Crippen LogP contribution in [0.4, 0.5) is 5.69 Å². The predicted molar refractivity (Wildman–Crippen MR) is 53.0 cm³/mol. The Balaban J connectivity index is 2.31. The molecule has 1 heterocycles. The van der Waals surface area contributed by atoms with Gasteiger partial charge < -0.3 is 16.2 Å². The number of aromatic hydroxyl groups is 1. The summed E-state index contributed by atoms with van der Waals surface area (Å²) in [6.07, 6.45) is 0.603. The van der Waals surface area contributed by atoms with Gasteiger partial charge in [0.1, 0.15) is 5.75 Å². The van der Waals surface area contributed by atoms with Crippen LogP contribution in [-0.4, -0.2) is 17.6 Å². The molecule has 0 bridgehead atoms. The van der Waals surface area contributed by atoms with Crippen molar-refractivity contribution in [2.75, 3.05) is 11.9 Å². The van der Waals surface area contributed by atoms with Gasteiger partial charge in [0.2, 0.25) is 5.91 Å². The van der Waals surface area contributed by atoms with E-state index in [0.717, 1.165) is 11.3 Å². The van der Waals surface area contributed by atoms with E-state index in [4.69, 9.17) is 5.73 Å². The third-order valence-corrected chi connectivity index (χ3v) is 2.52. The highest BCUT2D eigenvalue weighted by molar-refractivity contribution is 5.79. The molecule has 0 saturated heterocycles. The van der Waals surface area contributed by atoms with E-state index in [-0.39, 0.29) is 17.6 Å². The maximum Gasteiger partial charge on any atom is 0.222 e. The number of hydrogen-bond donors (Lipinski definition) is 3. The lowest BCUT2D eigenvalue weighted by Crippen LogP contribution is -2.34. The maximum absolute atomic E-state index is 11.0. The van der Waals surface area contributed by atoms with Gasteiger partial charge >= 0.3 is 0 Å². The first-order chi connectivity index (χ1) is 6.68. The van der Waals surface area contributed by atoms with Crippen LogP contribution in [0.1, 0.15) is 5.56 Å². The summed E-state index contributed by atoms with van der Waals surface area (Å²) < 4.78 is 0. The van der Waals surface area contributed by atoms with E-state index in [9.17, 15) is 9.90 Å². The average molecular weight is 192 g/mol. The number of para-hydroxylation sites is 1. The summed E-state index contributed by atoms with van der Waals surface area (Å²) in [6, 6.07) is 5.27. The molecular formula is C10H12N2O2. The number of carbonyl (C=O) groups is 1. The quantitative estimate of drug-likeness (QED) is 0.566. The third-order valence-electron chi connectivity index (χ3n) is 2.52. The SMILES string of the molecule is NC(=O)C1CNc2c(O)cccc2C1. The summed E-state index contributed by atoms with van der Waals surface area (Å²) in [4.78, 5) is 11.0. The molecule has 0 aromatic heterocycles. The second-order valence-corrected chi connectivity index (χ2v) is 3.50. The van der Waals surface area contributed by atoms with E-state index in [1.165, 1.54) is 0 Å². The van der Waals surface area contributed by atoms with Crippen LogP contribution in [-0.2, 0) is 11.2 Å². The molecule has 74 valence electrons.